The molecule has 0 saturated heterocycles. The van der Waals surface area contributed by atoms with Gasteiger partial charge in [0.2, 0.25) is 0 Å². The average Bonchev–Trinajstić information content (AvgIpc) is 3.38. The van der Waals surface area contributed by atoms with Crippen LogP contribution in [0.4, 0.5) is 0 Å². The Hall–Kier alpha value is -5.46. The van der Waals surface area contributed by atoms with E-state index in [0.717, 1.165) is 66.8 Å². The molecule has 6 aromatic rings. The van der Waals surface area contributed by atoms with Gasteiger partial charge in [-0.2, -0.15) is 0 Å². The first kappa shape index (κ1) is 51.4. The molecule has 0 unspecified atom stereocenters. The van der Waals surface area contributed by atoms with Gasteiger partial charge in [-0.25, -0.2) is 0 Å². The fourth-order valence-corrected chi connectivity index (χ4v) is 7.40. The minimum Gasteiger partial charge on any atom is -0.491 e. The van der Waals surface area contributed by atoms with Crippen LogP contribution in [-0.4, -0.2) is 159 Å². The van der Waals surface area contributed by atoms with Crippen LogP contribution < -0.4 is 28.4 Å². The van der Waals surface area contributed by atoms with E-state index in [1.165, 1.54) is 0 Å². The molecule has 69 heavy (non-hydrogen) atoms. The second-order valence-corrected chi connectivity index (χ2v) is 15.4. The summed E-state index contributed by atoms with van der Waals surface area (Å²) in [5.41, 5.74) is 0. The highest BCUT2D eigenvalue weighted by atomic mass is 16.6. The molecule has 0 N–H and O–H groups in total. The Morgan fingerprint density at radius 3 is 0.435 bits per heavy atom. The topological polar surface area (TPSA) is 138 Å². The van der Waals surface area contributed by atoms with Crippen LogP contribution in [0.2, 0.25) is 0 Å². The largest absolute Gasteiger partial charge is 0.491 e. The number of hydrogen-bond acceptors (Lipinski definition) is 15. The molecule has 15 nitrogen and oxygen atoms in total. The van der Waals surface area contributed by atoms with Gasteiger partial charge in [0, 0.05) is 32.3 Å². The standard InChI is InChI=1S/C54H66O15/c1-7-43-44-8-2-14-50(43)65-38-32-59-26-20-56-22-28-61-34-40-67-52-16-5-12-48-47(52)11-6-18-54(48)69-42-36-63-30-24-57-23-29-62-35-41-68-53-17-4-9-45-46(53)10-3-15-51(45)66-39-33-60-27-21-55-19-25-58-31-37-64-49(44)13-1/h1-18H,19-42H2. The zero-order chi connectivity index (χ0) is 47.2. The molecule has 0 spiro atoms. The summed E-state index contributed by atoms with van der Waals surface area (Å²) in [7, 11) is 0. The summed E-state index contributed by atoms with van der Waals surface area (Å²) >= 11 is 0. The van der Waals surface area contributed by atoms with Crippen molar-refractivity contribution in [2.45, 2.75) is 0 Å². The number of benzene rings is 6. The van der Waals surface area contributed by atoms with Crippen LogP contribution in [0, 0.1) is 0 Å². The molecule has 0 aromatic heterocycles. The predicted molar refractivity (Wildman–Crippen MR) is 262 cm³/mol. The Balaban J connectivity index is 0.835. The third kappa shape index (κ3) is 17.5. The van der Waals surface area contributed by atoms with Gasteiger partial charge in [0.1, 0.15) is 74.1 Å². The molecule has 0 fully saturated rings. The van der Waals surface area contributed by atoms with Gasteiger partial charge in [-0.05, 0) is 36.4 Å². The van der Waals surface area contributed by atoms with E-state index in [2.05, 4.69) is 0 Å². The number of ether oxygens (including phenoxy) is 15. The van der Waals surface area contributed by atoms with Crippen LogP contribution in [0.1, 0.15) is 0 Å². The molecule has 7 rings (SSSR count). The van der Waals surface area contributed by atoms with Crippen molar-refractivity contribution >= 4 is 32.3 Å². The molecule has 372 valence electrons. The summed E-state index contributed by atoms with van der Waals surface area (Å²) < 4.78 is 88.1. The normalized spacial score (nSPS) is 18.1. The minimum atomic E-state index is 0.403. The van der Waals surface area contributed by atoms with Crippen molar-refractivity contribution in [2.24, 2.45) is 0 Å². The molecule has 6 aromatic carbocycles. The van der Waals surface area contributed by atoms with Crippen molar-refractivity contribution < 1.29 is 71.1 Å². The van der Waals surface area contributed by atoms with Crippen molar-refractivity contribution in [1.82, 2.24) is 0 Å². The molecule has 12 bridgehead atoms. The van der Waals surface area contributed by atoms with Gasteiger partial charge in [-0.3, -0.25) is 0 Å². The molecule has 0 radical (unpaired) electrons. The van der Waals surface area contributed by atoms with E-state index in [1.54, 1.807) is 0 Å². The fourth-order valence-electron chi connectivity index (χ4n) is 7.40. The maximum absolute atomic E-state index is 6.09. The highest BCUT2D eigenvalue weighted by Crippen LogP contribution is 2.34. The van der Waals surface area contributed by atoms with E-state index in [-0.39, 0.29) is 0 Å². The number of rotatable bonds is 0. The monoisotopic (exact) mass is 954 g/mol. The van der Waals surface area contributed by atoms with Crippen LogP contribution >= 0.6 is 0 Å². The second-order valence-electron chi connectivity index (χ2n) is 15.4. The Morgan fingerprint density at radius 2 is 0.290 bits per heavy atom. The van der Waals surface area contributed by atoms with E-state index in [9.17, 15) is 0 Å². The maximum atomic E-state index is 6.09. The quantitative estimate of drug-likeness (QED) is 0.145. The smallest absolute Gasteiger partial charge is 0.127 e. The van der Waals surface area contributed by atoms with Crippen molar-refractivity contribution in [2.75, 3.05) is 159 Å². The first-order valence-electron chi connectivity index (χ1n) is 23.9. The van der Waals surface area contributed by atoms with Gasteiger partial charge < -0.3 is 71.1 Å². The van der Waals surface area contributed by atoms with Crippen LogP contribution in [0.3, 0.4) is 0 Å². The Bertz CT molecular complexity index is 1940. The van der Waals surface area contributed by atoms with Crippen molar-refractivity contribution in [3.8, 4) is 34.5 Å². The highest BCUT2D eigenvalue weighted by molar-refractivity contribution is 5.94. The molecule has 1 aliphatic rings. The Kier molecular flexibility index (Phi) is 23.0. The zero-order valence-corrected chi connectivity index (χ0v) is 39.5. The van der Waals surface area contributed by atoms with Crippen LogP contribution in [0.5, 0.6) is 34.5 Å². The lowest BCUT2D eigenvalue weighted by atomic mass is 10.1. The summed E-state index contributed by atoms with van der Waals surface area (Å²) in [6.07, 6.45) is 0. The second kappa shape index (κ2) is 30.9. The summed E-state index contributed by atoms with van der Waals surface area (Å²) in [6.45, 7) is 10.5. The van der Waals surface area contributed by atoms with Gasteiger partial charge in [-0.1, -0.05) is 72.8 Å². The van der Waals surface area contributed by atoms with Gasteiger partial charge in [-0.15, -0.1) is 0 Å². The van der Waals surface area contributed by atoms with Crippen LogP contribution in [0.15, 0.2) is 109 Å². The number of hydrogen-bond donors (Lipinski definition) is 0. The molecule has 15 heteroatoms. The Labute approximate surface area is 404 Å². The minimum absolute atomic E-state index is 0.403. The molecule has 1 heterocycles. The van der Waals surface area contributed by atoms with Crippen molar-refractivity contribution in [3.63, 3.8) is 0 Å². The average molecular weight is 955 g/mol. The Morgan fingerprint density at radius 1 is 0.159 bits per heavy atom. The third-order valence-electron chi connectivity index (χ3n) is 10.7. The first-order chi connectivity index (χ1) is 34.3. The van der Waals surface area contributed by atoms with E-state index in [4.69, 9.17) is 71.1 Å². The first-order valence-corrected chi connectivity index (χ1v) is 23.9. The van der Waals surface area contributed by atoms with Crippen LogP contribution in [-0.2, 0) is 42.6 Å². The maximum Gasteiger partial charge on any atom is 0.127 e. The zero-order valence-electron chi connectivity index (χ0n) is 39.5. The highest BCUT2D eigenvalue weighted by Gasteiger charge is 2.11. The van der Waals surface area contributed by atoms with Gasteiger partial charge in [0.15, 0.2) is 0 Å². The molecule has 0 aliphatic carbocycles. The van der Waals surface area contributed by atoms with Gasteiger partial charge in [0.25, 0.3) is 0 Å². The van der Waals surface area contributed by atoms with Crippen LogP contribution in [0.25, 0.3) is 32.3 Å². The molecular formula is C54H66O15. The lowest BCUT2D eigenvalue weighted by Gasteiger charge is -2.13. The summed E-state index contributed by atoms with van der Waals surface area (Å²) in [4.78, 5) is 0. The predicted octanol–water partition coefficient (Wildman–Crippen LogP) is 7.98. The molecule has 1 aliphatic heterocycles. The SMILES string of the molecule is c1cc2c3cccc(c3c1)OCCOCCOCCOCCOc1cccc3c(cccc13)OCCOCCOCCOCCOc1cccc3c(cccc13)OCCOCCOCCOCCO2. The van der Waals surface area contributed by atoms with Crippen molar-refractivity contribution in [1.29, 1.82) is 0 Å². The van der Waals surface area contributed by atoms with Crippen molar-refractivity contribution in [3.05, 3.63) is 109 Å². The lowest BCUT2D eigenvalue weighted by molar-refractivity contribution is 0.00506. The molecule has 0 saturated carbocycles. The molecule has 0 amide bonds. The summed E-state index contributed by atoms with van der Waals surface area (Å²) in [6, 6.07) is 35.6. The molecular weight excluding hydrogens is 889 g/mol. The van der Waals surface area contributed by atoms with E-state index in [1.807, 2.05) is 109 Å². The molecule has 0 atom stereocenters. The fraction of sp³-hybridized carbons (Fsp3) is 0.444. The summed E-state index contributed by atoms with van der Waals surface area (Å²) in [5, 5.41) is 5.79. The summed E-state index contributed by atoms with van der Waals surface area (Å²) in [5.74, 6) is 4.60. The van der Waals surface area contributed by atoms with Gasteiger partial charge >= 0.3 is 0 Å². The lowest BCUT2D eigenvalue weighted by Crippen LogP contribution is -2.14. The van der Waals surface area contributed by atoms with E-state index < -0.39 is 0 Å². The van der Waals surface area contributed by atoms with Gasteiger partial charge in [0.05, 0.1) is 119 Å². The van der Waals surface area contributed by atoms with E-state index in [0.29, 0.717) is 159 Å². The third-order valence-corrected chi connectivity index (χ3v) is 10.7. The van der Waals surface area contributed by atoms with E-state index >= 15 is 0 Å².